The monoisotopic (exact) mass is 349 g/mol. The molecular weight excluding hydrogens is 326 g/mol. The molecule has 0 radical (unpaired) electrons. The molecule has 2 aromatic carbocycles. The van der Waals surface area contributed by atoms with Crippen molar-refractivity contribution in [2.24, 2.45) is 0 Å². The molecular formula is C21H23N3O2. The SMILES string of the molecule is Cc1ccc(C(=O)N2CCN(c3ccc4c(c3)CCC(=O)N4)CC2)cc1. The summed E-state index contributed by atoms with van der Waals surface area (Å²) in [5.74, 6) is 0.200. The largest absolute Gasteiger partial charge is 0.368 e. The Labute approximate surface area is 153 Å². The Hall–Kier alpha value is -2.82. The van der Waals surface area contributed by atoms with Crippen molar-refractivity contribution in [3.05, 3.63) is 59.2 Å². The van der Waals surface area contributed by atoms with Crippen LogP contribution in [0.1, 0.15) is 27.9 Å². The predicted molar refractivity (Wildman–Crippen MR) is 103 cm³/mol. The van der Waals surface area contributed by atoms with E-state index in [0.717, 1.165) is 49.4 Å². The molecule has 1 N–H and O–H groups in total. The summed E-state index contributed by atoms with van der Waals surface area (Å²) in [4.78, 5) is 28.4. The van der Waals surface area contributed by atoms with Crippen LogP contribution in [0.4, 0.5) is 11.4 Å². The Morgan fingerprint density at radius 1 is 0.962 bits per heavy atom. The second kappa shape index (κ2) is 6.83. The van der Waals surface area contributed by atoms with Crippen molar-refractivity contribution >= 4 is 23.2 Å². The Morgan fingerprint density at radius 3 is 2.42 bits per heavy atom. The molecule has 0 saturated carbocycles. The van der Waals surface area contributed by atoms with Crippen LogP contribution in [0.5, 0.6) is 0 Å². The Bertz CT molecular complexity index is 837. The maximum atomic E-state index is 12.6. The maximum absolute atomic E-state index is 12.6. The summed E-state index contributed by atoms with van der Waals surface area (Å²) in [5, 5.41) is 2.92. The highest BCUT2D eigenvalue weighted by molar-refractivity contribution is 5.95. The van der Waals surface area contributed by atoms with Crippen molar-refractivity contribution in [3.63, 3.8) is 0 Å². The standard InChI is InChI=1S/C21H23N3O2/c1-15-2-4-16(5-3-15)21(26)24-12-10-23(11-13-24)18-7-8-19-17(14-18)6-9-20(25)22-19/h2-5,7-8,14H,6,9-13H2,1H3,(H,22,25). The highest BCUT2D eigenvalue weighted by Gasteiger charge is 2.23. The van der Waals surface area contributed by atoms with Gasteiger partial charge in [0.25, 0.3) is 5.91 Å². The van der Waals surface area contributed by atoms with Gasteiger partial charge in [-0.2, -0.15) is 0 Å². The first-order valence-corrected chi connectivity index (χ1v) is 9.14. The second-order valence-corrected chi connectivity index (χ2v) is 7.03. The zero-order valence-electron chi connectivity index (χ0n) is 15.0. The van der Waals surface area contributed by atoms with Gasteiger partial charge in [0.05, 0.1) is 0 Å². The first kappa shape index (κ1) is 16.6. The molecule has 5 nitrogen and oxygen atoms in total. The minimum Gasteiger partial charge on any atom is -0.368 e. The molecule has 5 heteroatoms. The molecule has 2 aromatic rings. The predicted octanol–water partition coefficient (Wildman–Crippen LogP) is 2.84. The molecule has 0 aromatic heterocycles. The Kier molecular flexibility index (Phi) is 4.37. The van der Waals surface area contributed by atoms with E-state index in [-0.39, 0.29) is 11.8 Å². The van der Waals surface area contributed by atoms with E-state index < -0.39 is 0 Å². The van der Waals surface area contributed by atoms with Crippen LogP contribution in [-0.4, -0.2) is 42.9 Å². The van der Waals surface area contributed by atoms with Crippen LogP contribution < -0.4 is 10.2 Å². The van der Waals surface area contributed by atoms with E-state index in [4.69, 9.17) is 0 Å². The van der Waals surface area contributed by atoms with Gasteiger partial charge in [-0.1, -0.05) is 17.7 Å². The van der Waals surface area contributed by atoms with E-state index in [9.17, 15) is 9.59 Å². The fourth-order valence-electron chi connectivity index (χ4n) is 3.61. The minimum absolute atomic E-state index is 0.0912. The Balaban J connectivity index is 1.41. The number of benzene rings is 2. The molecule has 4 rings (SSSR count). The van der Waals surface area contributed by atoms with Gasteiger partial charge >= 0.3 is 0 Å². The number of piperazine rings is 1. The molecule has 2 aliphatic rings. The van der Waals surface area contributed by atoms with E-state index in [1.807, 2.05) is 42.2 Å². The second-order valence-electron chi connectivity index (χ2n) is 7.03. The van der Waals surface area contributed by atoms with Crippen LogP contribution in [0, 0.1) is 6.92 Å². The van der Waals surface area contributed by atoms with E-state index in [2.05, 4.69) is 22.3 Å². The molecule has 2 aliphatic heterocycles. The van der Waals surface area contributed by atoms with Crippen molar-refractivity contribution in [1.82, 2.24) is 4.90 Å². The molecule has 26 heavy (non-hydrogen) atoms. The number of fused-ring (bicyclic) bond motifs is 1. The van der Waals surface area contributed by atoms with Crippen LogP contribution in [-0.2, 0) is 11.2 Å². The quantitative estimate of drug-likeness (QED) is 0.907. The van der Waals surface area contributed by atoms with E-state index >= 15 is 0 Å². The van der Waals surface area contributed by atoms with Gasteiger partial charge in [0.15, 0.2) is 0 Å². The van der Waals surface area contributed by atoms with Gasteiger partial charge in [-0.25, -0.2) is 0 Å². The van der Waals surface area contributed by atoms with E-state index in [0.29, 0.717) is 6.42 Å². The summed E-state index contributed by atoms with van der Waals surface area (Å²) >= 11 is 0. The fraction of sp³-hybridized carbons (Fsp3) is 0.333. The summed E-state index contributed by atoms with van der Waals surface area (Å²) < 4.78 is 0. The highest BCUT2D eigenvalue weighted by Crippen LogP contribution is 2.28. The van der Waals surface area contributed by atoms with Gasteiger partial charge in [-0.3, -0.25) is 9.59 Å². The number of carbonyl (C=O) groups is 2. The molecule has 134 valence electrons. The minimum atomic E-state index is 0.0912. The van der Waals surface area contributed by atoms with Crippen LogP contribution in [0.15, 0.2) is 42.5 Å². The lowest BCUT2D eigenvalue weighted by Gasteiger charge is -2.36. The highest BCUT2D eigenvalue weighted by atomic mass is 16.2. The first-order chi connectivity index (χ1) is 12.6. The zero-order chi connectivity index (χ0) is 18.1. The number of aryl methyl sites for hydroxylation is 2. The number of hydrogen-bond acceptors (Lipinski definition) is 3. The van der Waals surface area contributed by atoms with Crippen LogP contribution >= 0.6 is 0 Å². The molecule has 1 saturated heterocycles. The number of hydrogen-bond donors (Lipinski definition) is 1. The summed E-state index contributed by atoms with van der Waals surface area (Å²) in [6.45, 7) is 5.11. The third kappa shape index (κ3) is 3.29. The fourth-order valence-corrected chi connectivity index (χ4v) is 3.61. The smallest absolute Gasteiger partial charge is 0.253 e. The lowest BCUT2D eigenvalue weighted by molar-refractivity contribution is -0.116. The molecule has 0 atom stereocenters. The summed E-state index contributed by atoms with van der Waals surface area (Å²) in [6.07, 6.45) is 1.34. The lowest BCUT2D eigenvalue weighted by Crippen LogP contribution is -2.48. The van der Waals surface area contributed by atoms with Crippen LogP contribution in [0.25, 0.3) is 0 Å². The van der Waals surface area contributed by atoms with E-state index in [1.165, 1.54) is 11.3 Å². The van der Waals surface area contributed by atoms with Crippen molar-refractivity contribution < 1.29 is 9.59 Å². The van der Waals surface area contributed by atoms with Crippen LogP contribution in [0.2, 0.25) is 0 Å². The molecule has 0 bridgehead atoms. The summed E-state index contributed by atoms with van der Waals surface area (Å²) in [5.41, 5.74) is 5.21. The number of nitrogens with one attached hydrogen (secondary N) is 1. The normalized spacial score (nSPS) is 16.9. The number of rotatable bonds is 2. The van der Waals surface area contributed by atoms with Gasteiger partial charge in [-0.15, -0.1) is 0 Å². The van der Waals surface area contributed by atoms with Gasteiger partial charge < -0.3 is 15.1 Å². The molecule has 2 amide bonds. The first-order valence-electron chi connectivity index (χ1n) is 9.14. The maximum Gasteiger partial charge on any atom is 0.253 e. The molecule has 0 aliphatic carbocycles. The van der Waals surface area contributed by atoms with Gasteiger partial charge in [0, 0.05) is 49.5 Å². The van der Waals surface area contributed by atoms with Gasteiger partial charge in [-0.05, 0) is 49.2 Å². The number of amides is 2. The molecule has 0 spiro atoms. The lowest BCUT2D eigenvalue weighted by atomic mass is 10.0. The van der Waals surface area contributed by atoms with E-state index in [1.54, 1.807) is 0 Å². The average Bonchev–Trinajstić information content (AvgIpc) is 2.68. The number of carbonyl (C=O) groups excluding carboxylic acids is 2. The van der Waals surface area contributed by atoms with Crippen molar-refractivity contribution in [2.45, 2.75) is 19.8 Å². The van der Waals surface area contributed by atoms with Gasteiger partial charge in [0.2, 0.25) is 5.91 Å². The van der Waals surface area contributed by atoms with Crippen molar-refractivity contribution in [3.8, 4) is 0 Å². The molecule has 0 unspecified atom stereocenters. The third-order valence-electron chi connectivity index (χ3n) is 5.21. The molecule has 2 heterocycles. The average molecular weight is 349 g/mol. The summed E-state index contributed by atoms with van der Waals surface area (Å²) in [6, 6.07) is 14.0. The number of anilines is 2. The van der Waals surface area contributed by atoms with Crippen molar-refractivity contribution in [1.29, 1.82) is 0 Å². The molecule has 1 fully saturated rings. The van der Waals surface area contributed by atoms with Gasteiger partial charge in [0.1, 0.15) is 0 Å². The third-order valence-corrected chi connectivity index (χ3v) is 5.21. The topological polar surface area (TPSA) is 52.7 Å². The summed E-state index contributed by atoms with van der Waals surface area (Å²) in [7, 11) is 0. The number of nitrogens with zero attached hydrogens (tertiary/aromatic N) is 2. The Morgan fingerprint density at radius 2 is 1.69 bits per heavy atom. The van der Waals surface area contributed by atoms with Crippen LogP contribution in [0.3, 0.4) is 0 Å². The zero-order valence-corrected chi connectivity index (χ0v) is 15.0. The van der Waals surface area contributed by atoms with Crippen molar-refractivity contribution in [2.75, 3.05) is 36.4 Å².